The minimum Gasteiger partial charge on any atom is -0.481 e. The summed E-state index contributed by atoms with van der Waals surface area (Å²) in [4.78, 5) is 59.7. The first-order valence-corrected chi connectivity index (χ1v) is 24.0. The Bertz CT molecular complexity index is 1260. The zero-order chi connectivity index (χ0) is 38.2. The first kappa shape index (κ1) is 47.0. The summed E-state index contributed by atoms with van der Waals surface area (Å²) in [7, 11) is 6.15. The number of rotatable bonds is 33. The van der Waals surface area contributed by atoms with E-state index in [0.717, 1.165) is 38.5 Å². The van der Waals surface area contributed by atoms with E-state index in [9.17, 15) is 34.2 Å². The van der Waals surface area contributed by atoms with E-state index in [2.05, 4.69) is 30.6 Å². The lowest BCUT2D eigenvalue weighted by Crippen LogP contribution is -2.26. The molecule has 0 aliphatic carbocycles. The number of benzene rings is 1. The number of Topliss-reactive ketones (excluding diaryl/α,β-unsaturated/α-hetero) is 1. The number of carbonyl (C=O) groups excluding carboxylic acids is 2. The number of carboxylic acid groups (broad SMARTS) is 3. The molecule has 1 saturated heterocycles. The number of aliphatic carboxylic acids is 2. The van der Waals surface area contributed by atoms with Crippen LogP contribution in [0.5, 0.6) is 0 Å². The van der Waals surface area contributed by atoms with Crippen LogP contribution in [-0.2, 0) is 20.8 Å². The highest BCUT2D eigenvalue weighted by Gasteiger charge is 2.45. The van der Waals surface area contributed by atoms with Crippen LogP contribution in [0.4, 0.5) is 0 Å². The summed E-state index contributed by atoms with van der Waals surface area (Å²) >= 11 is 8.98. The van der Waals surface area contributed by atoms with E-state index < -0.39 is 34.3 Å². The van der Waals surface area contributed by atoms with E-state index in [0.29, 0.717) is 37.8 Å². The van der Waals surface area contributed by atoms with Gasteiger partial charge in [0.1, 0.15) is 5.78 Å². The number of hydrogen-bond acceptors (Lipinski definition) is 11. The van der Waals surface area contributed by atoms with Crippen molar-refractivity contribution in [2.45, 2.75) is 149 Å². The van der Waals surface area contributed by atoms with Gasteiger partial charge in [0.2, 0.25) is 0 Å². The van der Waals surface area contributed by atoms with E-state index in [1.54, 1.807) is 27.7 Å². The Balaban J connectivity index is 1.57. The van der Waals surface area contributed by atoms with Crippen molar-refractivity contribution in [3.05, 3.63) is 34.9 Å². The first-order chi connectivity index (χ1) is 24.9. The lowest BCUT2D eigenvalue weighted by molar-refractivity contribution is -0.141. The highest BCUT2D eigenvalue weighted by atomic mass is 33.2. The van der Waals surface area contributed by atoms with Crippen LogP contribution < -0.4 is 5.32 Å². The number of aromatic carboxylic acids is 1. The normalized spacial score (nSPS) is 14.4. The maximum absolute atomic E-state index is 12.9. The van der Waals surface area contributed by atoms with Crippen molar-refractivity contribution in [2.24, 2.45) is 5.92 Å². The molecule has 1 aromatic carbocycles. The molecule has 1 unspecified atom stereocenters. The lowest BCUT2D eigenvalue weighted by Gasteiger charge is -2.19. The molecule has 1 heterocycles. The molecule has 294 valence electrons. The topological polar surface area (TPSA) is 158 Å². The zero-order valence-corrected chi connectivity index (χ0v) is 35.1. The van der Waals surface area contributed by atoms with Crippen LogP contribution in [0, 0.1) is 5.92 Å². The minimum absolute atomic E-state index is 0.0262. The summed E-state index contributed by atoms with van der Waals surface area (Å²) in [5, 5.41) is 30.7. The van der Waals surface area contributed by atoms with Gasteiger partial charge < -0.3 is 20.6 Å². The second kappa shape index (κ2) is 27.5. The fourth-order valence-corrected chi connectivity index (χ4v) is 12.4. The van der Waals surface area contributed by atoms with Gasteiger partial charge in [-0.2, -0.15) is 12.6 Å². The Morgan fingerprint density at radius 1 is 0.692 bits per heavy atom. The molecule has 0 bridgehead atoms. The van der Waals surface area contributed by atoms with E-state index in [1.165, 1.54) is 97.9 Å². The minimum atomic E-state index is -1.17. The third kappa shape index (κ3) is 22.3. The van der Waals surface area contributed by atoms with Crippen molar-refractivity contribution in [2.75, 3.05) is 6.54 Å². The third-order valence-corrected chi connectivity index (χ3v) is 18.6. The molecule has 1 aromatic rings. The van der Waals surface area contributed by atoms with Crippen LogP contribution in [-0.4, -0.2) is 58.8 Å². The van der Waals surface area contributed by atoms with Gasteiger partial charge in [0, 0.05) is 31.4 Å². The Kier molecular flexibility index (Phi) is 24.8. The maximum atomic E-state index is 12.9. The van der Waals surface area contributed by atoms with Crippen molar-refractivity contribution in [3.63, 3.8) is 0 Å². The smallest absolute Gasteiger partial charge is 0.335 e. The predicted octanol–water partition coefficient (Wildman–Crippen LogP) is 10.8. The second-order valence-electron chi connectivity index (χ2n) is 13.4. The summed E-state index contributed by atoms with van der Waals surface area (Å²) in [6.45, 7) is 0.309. The molecule has 52 heavy (non-hydrogen) atoms. The quantitative estimate of drug-likeness (QED) is 0.0131. The number of nitrogens with one attached hydrogen (secondary N) is 1. The first-order valence-electron chi connectivity index (χ1n) is 18.6. The Morgan fingerprint density at radius 3 is 1.67 bits per heavy atom. The van der Waals surface area contributed by atoms with Crippen LogP contribution in [0.3, 0.4) is 0 Å². The average Bonchev–Trinajstić information content (AvgIpc) is 3.84. The largest absolute Gasteiger partial charge is 0.481 e. The van der Waals surface area contributed by atoms with Gasteiger partial charge in [-0.05, 0) is 71.0 Å². The van der Waals surface area contributed by atoms with Gasteiger partial charge in [-0.3, -0.25) is 19.2 Å². The van der Waals surface area contributed by atoms with Gasteiger partial charge in [-0.1, -0.05) is 118 Å². The molecule has 2 atom stereocenters. The van der Waals surface area contributed by atoms with Crippen molar-refractivity contribution >= 4 is 98.0 Å². The van der Waals surface area contributed by atoms with Crippen molar-refractivity contribution in [3.8, 4) is 0 Å². The molecule has 0 saturated carbocycles. The maximum Gasteiger partial charge on any atom is 0.335 e. The van der Waals surface area contributed by atoms with E-state index in [4.69, 9.17) is 5.11 Å². The molecule has 1 amide bonds. The van der Waals surface area contributed by atoms with Gasteiger partial charge >= 0.3 is 17.9 Å². The Morgan fingerprint density at radius 2 is 1.19 bits per heavy atom. The number of carboxylic acids is 3. The highest BCUT2D eigenvalue weighted by Crippen LogP contribution is 2.76. The molecule has 1 fully saturated rings. The molecular weight excluding hydrogens is 779 g/mol. The summed E-state index contributed by atoms with van der Waals surface area (Å²) in [5.41, 5.74) is 0.657. The molecule has 0 spiro atoms. The zero-order valence-electron chi connectivity index (χ0n) is 30.1. The van der Waals surface area contributed by atoms with Gasteiger partial charge in [-0.15, -0.1) is 12.6 Å². The number of carbonyl (C=O) groups is 5. The molecular formula is C37H57NO8S6. The van der Waals surface area contributed by atoms with Crippen LogP contribution in [0.2, 0.25) is 0 Å². The average molecular weight is 836 g/mol. The highest BCUT2D eigenvalue weighted by molar-refractivity contribution is 9.07. The molecule has 0 radical (unpaired) electrons. The summed E-state index contributed by atoms with van der Waals surface area (Å²) in [5.74, 6) is -3.81. The van der Waals surface area contributed by atoms with E-state index in [-0.39, 0.29) is 32.5 Å². The summed E-state index contributed by atoms with van der Waals surface area (Å²) in [6.07, 6.45) is 20.6. The van der Waals surface area contributed by atoms with E-state index in [1.807, 2.05) is 0 Å². The van der Waals surface area contributed by atoms with Crippen LogP contribution in [0.1, 0.15) is 161 Å². The number of unbranched alkanes of at least 4 members (excludes halogenated alkanes) is 16. The molecule has 2 rings (SSSR count). The third-order valence-electron chi connectivity index (χ3n) is 8.87. The summed E-state index contributed by atoms with van der Waals surface area (Å²) < 4.78 is -0.627. The monoisotopic (exact) mass is 835 g/mol. The predicted molar refractivity (Wildman–Crippen MR) is 225 cm³/mol. The molecule has 0 aromatic heterocycles. The number of ketones is 1. The lowest BCUT2D eigenvalue weighted by atomic mass is 9.98. The van der Waals surface area contributed by atoms with Crippen LogP contribution in [0.25, 0.3) is 0 Å². The number of hydrogen-bond donors (Lipinski definition) is 6. The molecule has 15 heteroatoms. The Hall–Kier alpha value is -1.13. The fraction of sp³-hybridized carbons (Fsp3) is 0.703. The van der Waals surface area contributed by atoms with Gasteiger partial charge in [0.05, 0.1) is 16.1 Å². The van der Waals surface area contributed by atoms with Crippen molar-refractivity contribution in [1.29, 1.82) is 0 Å². The standard InChI is InChI=1S/C37H57NO8S6/c39-30(19-15-13-11-9-7-5-3-1-2-4-6-8-10-12-14-16-21-32(40)41)25-27-23-28(26-29(24-27)34(43)44)33(42)38-22-18-17-20-31(35(45)46)36(47)49-50-37(48)51-52-37/h23-24,26,31,36,47-48H,1-22,25H2,(H,38,42)(H,40,41)(H,43,44)(H,45,46)/t31-,36?/m0/s1. The molecule has 1 aliphatic heterocycles. The van der Waals surface area contributed by atoms with Gasteiger partial charge in [0.15, 0.2) is 2.74 Å². The van der Waals surface area contributed by atoms with Gasteiger partial charge in [0.25, 0.3) is 5.91 Å². The van der Waals surface area contributed by atoms with E-state index >= 15 is 0 Å². The fourth-order valence-electron chi connectivity index (χ4n) is 5.86. The van der Waals surface area contributed by atoms with Crippen LogP contribution in [0.15, 0.2) is 18.2 Å². The molecule has 4 N–H and O–H groups in total. The molecule has 9 nitrogen and oxygen atoms in total. The number of thiol groups is 2. The second-order valence-corrected chi connectivity index (χ2v) is 21.8. The van der Waals surface area contributed by atoms with Crippen molar-refractivity contribution in [1.82, 2.24) is 5.32 Å². The van der Waals surface area contributed by atoms with Crippen LogP contribution >= 0.6 is 68.4 Å². The molecule has 1 aliphatic rings. The summed E-state index contributed by atoms with van der Waals surface area (Å²) in [6, 6.07) is 4.35. The van der Waals surface area contributed by atoms with Crippen molar-refractivity contribution < 1.29 is 39.3 Å². The SMILES string of the molecule is O=C(O)CCCCCCCCCCCCCCCCCCC(=O)Cc1cc(C(=O)O)cc(C(=O)NCCCC[C@@H](C(=O)O)C(S)SSC2(S)SS2)c1. The Labute approximate surface area is 336 Å². The van der Waals surface area contributed by atoms with Gasteiger partial charge in [-0.25, -0.2) is 4.79 Å². The number of amides is 1.